The molecule has 0 saturated carbocycles. The highest BCUT2D eigenvalue weighted by Gasteiger charge is 2.52. The summed E-state index contributed by atoms with van der Waals surface area (Å²) in [6.07, 6.45) is -4.66. The van der Waals surface area contributed by atoms with Crippen LogP contribution in [0.2, 0.25) is 0 Å². The zero-order valence-corrected chi connectivity index (χ0v) is 16.8. The summed E-state index contributed by atoms with van der Waals surface area (Å²) in [7, 11) is -1.84. The van der Waals surface area contributed by atoms with E-state index in [2.05, 4.69) is 21.6 Å². The minimum absolute atomic E-state index is 0.742. The van der Waals surface area contributed by atoms with Gasteiger partial charge >= 0.3 is 20.3 Å². The Labute approximate surface area is 159 Å². The molecular formula is C11H20N2O11P2S. The van der Waals surface area contributed by atoms with Gasteiger partial charge in [-0.15, -0.1) is 0 Å². The number of urea groups is 1. The van der Waals surface area contributed by atoms with Gasteiger partial charge in [0.25, 0.3) is 0 Å². The maximum atomic E-state index is 12.1. The van der Waals surface area contributed by atoms with Gasteiger partial charge in [-0.25, -0.2) is 4.79 Å². The van der Waals surface area contributed by atoms with Crippen LogP contribution in [0.15, 0.2) is 12.3 Å². The number of amides is 2. The van der Waals surface area contributed by atoms with Crippen LogP contribution in [0, 0.1) is 0 Å². The number of methoxy groups -OCH3 is 1. The molecule has 5 N–H and O–H groups in total. The molecule has 0 bridgehead atoms. The molecule has 16 heteroatoms. The Kier molecular flexibility index (Phi) is 7.53. The molecule has 0 aromatic heterocycles. The molecule has 0 radical (unpaired) electrons. The van der Waals surface area contributed by atoms with Crippen molar-refractivity contribution in [1.82, 2.24) is 10.2 Å². The Morgan fingerprint density at radius 3 is 2.52 bits per heavy atom. The number of nitrogens with one attached hydrogen (secondary N) is 1. The molecule has 0 aromatic carbocycles. The van der Waals surface area contributed by atoms with Crippen molar-refractivity contribution in [2.75, 3.05) is 20.6 Å². The fourth-order valence-electron chi connectivity index (χ4n) is 2.40. The predicted octanol–water partition coefficient (Wildman–Crippen LogP) is -1.06. The first-order chi connectivity index (χ1) is 12.5. The molecule has 2 amide bonds. The van der Waals surface area contributed by atoms with E-state index in [1.807, 2.05) is 0 Å². The first kappa shape index (κ1) is 22.8. The van der Waals surface area contributed by atoms with Crippen LogP contribution in [-0.4, -0.2) is 82.2 Å². The fourth-order valence-corrected chi connectivity index (χ4v) is 3.67. The fraction of sp³-hybridized carbons (Fsp3) is 0.727. The number of carbonyl (C=O) groups excluding carboxylic acids is 1. The van der Waals surface area contributed by atoms with Crippen LogP contribution in [0.4, 0.5) is 4.79 Å². The van der Waals surface area contributed by atoms with Crippen LogP contribution in [0.3, 0.4) is 0 Å². The molecule has 2 heterocycles. The lowest BCUT2D eigenvalue weighted by Gasteiger charge is -2.32. The lowest BCUT2D eigenvalue weighted by atomic mass is 10.2. The number of hydrogen-bond acceptors (Lipinski definition) is 9. The molecule has 0 aromatic rings. The summed E-state index contributed by atoms with van der Waals surface area (Å²) < 4.78 is 37.0. The van der Waals surface area contributed by atoms with E-state index < -0.39 is 57.6 Å². The van der Waals surface area contributed by atoms with Crippen molar-refractivity contribution >= 4 is 32.2 Å². The first-order valence-corrected chi connectivity index (χ1v) is 11.7. The largest absolute Gasteiger partial charge is 0.374 e. The summed E-state index contributed by atoms with van der Waals surface area (Å²) >= 11 is 4.45. The minimum atomic E-state index is -4.21. The minimum Gasteiger partial charge on any atom is -0.374 e. The second-order valence-corrected chi connectivity index (χ2v) is 9.93. The van der Waals surface area contributed by atoms with E-state index >= 15 is 0 Å². The smallest absolute Gasteiger partial charge is 0.353 e. The maximum absolute atomic E-state index is 12.1. The van der Waals surface area contributed by atoms with Gasteiger partial charge in [-0.3, -0.25) is 14.0 Å². The third-order valence-corrected chi connectivity index (χ3v) is 5.40. The van der Waals surface area contributed by atoms with Gasteiger partial charge < -0.3 is 43.8 Å². The van der Waals surface area contributed by atoms with Crippen molar-refractivity contribution in [3.63, 3.8) is 0 Å². The van der Waals surface area contributed by atoms with E-state index in [1.54, 1.807) is 0 Å². The van der Waals surface area contributed by atoms with Crippen LogP contribution in [0.5, 0.6) is 0 Å². The molecule has 2 rings (SSSR count). The highest BCUT2D eigenvalue weighted by atomic mass is 32.5. The highest BCUT2D eigenvalue weighted by molar-refractivity contribution is 8.06. The van der Waals surface area contributed by atoms with Gasteiger partial charge in [0, 0.05) is 20.4 Å². The molecule has 0 aliphatic carbocycles. The van der Waals surface area contributed by atoms with Crippen molar-refractivity contribution < 1.29 is 52.4 Å². The predicted molar refractivity (Wildman–Crippen MR) is 91.4 cm³/mol. The topological polar surface area (TPSA) is 176 Å². The normalized spacial score (nSPS) is 33.8. The van der Waals surface area contributed by atoms with E-state index in [-0.39, 0.29) is 0 Å². The summed E-state index contributed by atoms with van der Waals surface area (Å²) in [6, 6.07) is -0.742. The number of hydrogen-bond donors (Lipinski definition) is 5. The summed E-state index contributed by atoms with van der Waals surface area (Å²) in [5, 5.41) is 11.6. The zero-order valence-electron chi connectivity index (χ0n) is 14.1. The van der Waals surface area contributed by atoms with Gasteiger partial charge in [0.2, 0.25) is 0 Å². The van der Waals surface area contributed by atoms with Crippen molar-refractivity contribution in [2.24, 2.45) is 0 Å². The molecule has 6 atom stereocenters. The first-order valence-electron chi connectivity index (χ1n) is 7.34. The quantitative estimate of drug-likeness (QED) is 0.284. The van der Waals surface area contributed by atoms with E-state index in [4.69, 9.17) is 18.7 Å². The molecule has 2 unspecified atom stereocenters. The van der Waals surface area contributed by atoms with Gasteiger partial charge in [0.15, 0.2) is 18.9 Å². The standard InChI is InChI=1S/C11H20N2O11P2S/c1-20-7-8(24-26(18,19)27)10(22-5-25(16,17)21-2)23-9(7)13-4-3-6(14)12-11(13)15/h3-4,6-10,14H,5H2,1-2H3,(H,12,15)(H,16,17)(H2,18,19,27)/t6?,7-,8+,9-,10+/m1/s1. The van der Waals surface area contributed by atoms with Crippen molar-refractivity contribution in [3.8, 4) is 0 Å². The maximum Gasteiger partial charge on any atom is 0.353 e. The van der Waals surface area contributed by atoms with Crippen LogP contribution >= 0.6 is 14.3 Å². The molecule has 1 saturated heterocycles. The van der Waals surface area contributed by atoms with Crippen molar-refractivity contribution in [3.05, 3.63) is 12.3 Å². The van der Waals surface area contributed by atoms with E-state index in [9.17, 15) is 29.1 Å². The number of nitrogens with zero attached hydrogens (tertiary/aromatic N) is 1. The van der Waals surface area contributed by atoms with E-state index in [0.29, 0.717) is 0 Å². The molecule has 2 aliphatic rings. The van der Waals surface area contributed by atoms with Gasteiger partial charge in [-0.1, -0.05) is 0 Å². The molecule has 0 spiro atoms. The average Bonchev–Trinajstić information content (AvgIpc) is 2.88. The van der Waals surface area contributed by atoms with Crippen molar-refractivity contribution in [1.29, 1.82) is 0 Å². The lowest BCUT2D eigenvalue weighted by molar-refractivity contribution is -0.168. The van der Waals surface area contributed by atoms with Gasteiger partial charge in [-0.2, -0.15) is 0 Å². The Morgan fingerprint density at radius 1 is 1.33 bits per heavy atom. The van der Waals surface area contributed by atoms with Crippen LogP contribution in [0.25, 0.3) is 0 Å². The third-order valence-electron chi connectivity index (χ3n) is 3.57. The number of rotatable bonds is 8. The van der Waals surface area contributed by atoms with Crippen molar-refractivity contribution in [2.45, 2.75) is 31.0 Å². The Bertz CT molecular complexity index is 673. The van der Waals surface area contributed by atoms with Gasteiger partial charge in [0.1, 0.15) is 18.4 Å². The second-order valence-electron chi connectivity index (χ2n) is 5.41. The van der Waals surface area contributed by atoms with E-state index in [1.165, 1.54) is 19.4 Å². The Hall–Kier alpha value is -0.470. The second kappa shape index (κ2) is 8.91. The van der Waals surface area contributed by atoms with Crippen LogP contribution in [0.1, 0.15) is 0 Å². The Balaban J connectivity index is 2.26. The number of aliphatic hydroxyl groups is 1. The summed E-state index contributed by atoms with van der Waals surface area (Å²) in [4.78, 5) is 41.5. The van der Waals surface area contributed by atoms with E-state index in [0.717, 1.165) is 12.0 Å². The number of aliphatic hydroxyl groups excluding tert-OH is 1. The Morgan fingerprint density at radius 2 is 2.00 bits per heavy atom. The highest BCUT2D eigenvalue weighted by Crippen LogP contribution is 2.46. The SMILES string of the molecule is CO[C@@H]1[C@H](OP(O)(O)=S)[C@@H](OCP(=O)(O)OC)O[C@H]1N1C=CC(O)NC1=O. The number of ether oxygens (including phenoxy) is 3. The molecule has 156 valence electrons. The monoisotopic (exact) mass is 450 g/mol. The molecule has 1 fully saturated rings. The average molecular weight is 450 g/mol. The molecule has 13 nitrogen and oxygen atoms in total. The van der Waals surface area contributed by atoms with Crippen LogP contribution < -0.4 is 5.32 Å². The summed E-state index contributed by atoms with van der Waals surface area (Å²) in [5.74, 6) is 0. The molecular weight excluding hydrogens is 430 g/mol. The molecule has 2 aliphatic heterocycles. The third kappa shape index (κ3) is 6.00. The summed E-state index contributed by atoms with van der Waals surface area (Å²) in [6.45, 7) is -4.21. The summed E-state index contributed by atoms with van der Waals surface area (Å²) in [5.41, 5.74) is 0. The lowest BCUT2D eigenvalue weighted by Crippen LogP contribution is -2.53. The molecule has 27 heavy (non-hydrogen) atoms. The number of carbonyl (C=O) groups is 1. The van der Waals surface area contributed by atoms with Gasteiger partial charge in [0.05, 0.1) is 0 Å². The van der Waals surface area contributed by atoms with Crippen LogP contribution in [-0.2, 0) is 39.6 Å². The zero-order chi connectivity index (χ0) is 20.4. The van der Waals surface area contributed by atoms with Gasteiger partial charge in [-0.05, 0) is 17.9 Å².